The fourth-order valence-corrected chi connectivity index (χ4v) is 3.35. The molecule has 1 fully saturated rings. The van der Waals surface area contributed by atoms with E-state index in [-0.39, 0.29) is 11.8 Å². The molecule has 0 saturated carbocycles. The van der Waals surface area contributed by atoms with Crippen molar-refractivity contribution in [3.8, 4) is 0 Å². The maximum absolute atomic E-state index is 12.3. The van der Waals surface area contributed by atoms with Crippen LogP contribution in [0.5, 0.6) is 0 Å². The van der Waals surface area contributed by atoms with Crippen molar-refractivity contribution in [2.45, 2.75) is 28.9 Å². The highest BCUT2D eigenvalue weighted by Crippen LogP contribution is 2.26. The van der Waals surface area contributed by atoms with Gasteiger partial charge in [-0.2, -0.15) is 0 Å². The minimum Gasteiger partial charge on any atom is -0.381 e. The maximum Gasteiger partial charge on any atom is 0.241 e. The lowest BCUT2D eigenvalue weighted by atomic mass is 9.92. The summed E-state index contributed by atoms with van der Waals surface area (Å²) in [6.45, 7) is 1.36. The number of anilines is 1. The third-order valence-corrected chi connectivity index (χ3v) is 5.14. The summed E-state index contributed by atoms with van der Waals surface area (Å²) in [6.07, 6.45) is 3.33. The lowest BCUT2D eigenvalue weighted by molar-refractivity contribution is -0.119. The van der Waals surface area contributed by atoms with E-state index in [1.165, 1.54) is 11.8 Å². The highest BCUT2D eigenvalue weighted by atomic mass is 32.2. The van der Waals surface area contributed by atoms with E-state index in [0.29, 0.717) is 13.2 Å². The lowest BCUT2D eigenvalue weighted by Gasteiger charge is -2.26. The summed E-state index contributed by atoms with van der Waals surface area (Å²) in [5.41, 5.74) is 6.83. The van der Waals surface area contributed by atoms with Gasteiger partial charge in [-0.05, 0) is 54.8 Å². The van der Waals surface area contributed by atoms with Crippen molar-refractivity contribution in [1.29, 1.82) is 0 Å². The van der Waals surface area contributed by atoms with E-state index in [1.807, 2.05) is 35.9 Å². The van der Waals surface area contributed by atoms with Gasteiger partial charge in [0.15, 0.2) is 5.16 Å². The topological polar surface area (TPSA) is 95.1 Å². The zero-order chi connectivity index (χ0) is 16.9. The van der Waals surface area contributed by atoms with E-state index >= 15 is 0 Å². The van der Waals surface area contributed by atoms with E-state index in [1.54, 1.807) is 6.33 Å². The summed E-state index contributed by atoms with van der Waals surface area (Å²) in [6, 6.07) is 7.12. The van der Waals surface area contributed by atoms with E-state index in [0.717, 1.165) is 28.6 Å². The molecule has 1 saturated heterocycles. The van der Waals surface area contributed by atoms with Crippen LogP contribution in [0, 0.1) is 5.92 Å². The second-order valence-corrected chi connectivity index (χ2v) is 6.86. The van der Waals surface area contributed by atoms with E-state index in [2.05, 4.69) is 15.5 Å². The first-order chi connectivity index (χ1) is 11.6. The van der Waals surface area contributed by atoms with Crippen molar-refractivity contribution < 1.29 is 9.53 Å². The van der Waals surface area contributed by atoms with Crippen LogP contribution < -0.4 is 11.1 Å². The van der Waals surface area contributed by atoms with Gasteiger partial charge in [-0.25, -0.2) is 0 Å². The number of nitrogens with two attached hydrogens (primary N) is 1. The Kier molecular flexibility index (Phi) is 5.49. The number of amides is 1. The zero-order valence-electron chi connectivity index (χ0n) is 13.5. The van der Waals surface area contributed by atoms with Crippen LogP contribution in [0.15, 0.2) is 40.6 Å². The summed E-state index contributed by atoms with van der Waals surface area (Å²) in [4.78, 5) is 13.3. The molecule has 8 heteroatoms. The predicted molar refractivity (Wildman–Crippen MR) is 91.7 cm³/mol. The molecule has 0 spiro atoms. The van der Waals surface area contributed by atoms with Crippen LogP contribution >= 0.6 is 11.8 Å². The van der Waals surface area contributed by atoms with Gasteiger partial charge in [-0.1, -0.05) is 0 Å². The fourth-order valence-electron chi connectivity index (χ4n) is 2.59. The Morgan fingerprint density at radius 2 is 2.08 bits per heavy atom. The normalized spacial score (nSPS) is 16.8. The maximum atomic E-state index is 12.3. The SMILES string of the molecule is Cn1cnnc1Sc1ccc(NC(=O)C(N)C2CCOCC2)cc1. The van der Waals surface area contributed by atoms with Gasteiger partial charge in [0.05, 0.1) is 6.04 Å². The molecule has 1 amide bonds. The molecule has 0 bridgehead atoms. The van der Waals surface area contributed by atoms with Gasteiger partial charge in [0.2, 0.25) is 5.91 Å². The highest BCUT2D eigenvalue weighted by molar-refractivity contribution is 7.99. The van der Waals surface area contributed by atoms with Gasteiger partial charge in [-0.3, -0.25) is 4.79 Å². The van der Waals surface area contributed by atoms with Crippen molar-refractivity contribution >= 4 is 23.4 Å². The molecule has 1 aromatic carbocycles. The molecule has 0 aliphatic carbocycles. The average Bonchev–Trinajstić information content (AvgIpc) is 3.01. The Hall–Kier alpha value is -1.90. The molecule has 7 nitrogen and oxygen atoms in total. The number of carbonyl (C=O) groups is 1. The van der Waals surface area contributed by atoms with Gasteiger partial charge >= 0.3 is 0 Å². The molecule has 1 aliphatic rings. The van der Waals surface area contributed by atoms with Crippen molar-refractivity contribution in [2.24, 2.45) is 18.7 Å². The third-order valence-electron chi connectivity index (χ3n) is 4.08. The van der Waals surface area contributed by atoms with E-state index in [4.69, 9.17) is 10.5 Å². The monoisotopic (exact) mass is 347 g/mol. The molecule has 3 rings (SSSR count). The molecule has 0 radical (unpaired) electrons. The Bertz CT molecular complexity index is 682. The summed E-state index contributed by atoms with van der Waals surface area (Å²) in [7, 11) is 1.90. The first-order valence-electron chi connectivity index (χ1n) is 7.89. The lowest BCUT2D eigenvalue weighted by Crippen LogP contribution is -2.43. The molecule has 1 aromatic heterocycles. The second kappa shape index (κ2) is 7.78. The molecule has 24 heavy (non-hydrogen) atoms. The molecule has 1 unspecified atom stereocenters. The van der Waals surface area contributed by atoms with Crippen molar-refractivity contribution in [3.63, 3.8) is 0 Å². The molecular formula is C16H21N5O2S. The number of hydrogen-bond acceptors (Lipinski definition) is 6. The Labute approximate surface area is 145 Å². The molecule has 2 aromatic rings. The van der Waals surface area contributed by atoms with E-state index in [9.17, 15) is 4.79 Å². The van der Waals surface area contributed by atoms with Crippen LogP contribution in [-0.2, 0) is 16.6 Å². The van der Waals surface area contributed by atoms with Crippen LogP contribution in [0.25, 0.3) is 0 Å². The number of aromatic nitrogens is 3. The first kappa shape index (κ1) is 16.9. The summed E-state index contributed by atoms with van der Waals surface area (Å²) >= 11 is 1.52. The third kappa shape index (κ3) is 4.14. The van der Waals surface area contributed by atoms with Crippen LogP contribution in [0.1, 0.15) is 12.8 Å². The van der Waals surface area contributed by atoms with Crippen molar-refractivity contribution in [3.05, 3.63) is 30.6 Å². The van der Waals surface area contributed by atoms with Crippen LogP contribution in [0.3, 0.4) is 0 Å². The Balaban J connectivity index is 1.57. The number of ether oxygens (including phenoxy) is 1. The zero-order valence-corrected chi connectivity index (χ0v) is 14.3. The Morgan fingerprint density at radius 1 is 1.38 bits per heavy atom. The van der Waals surface area contributed by atoms with Crippen molar-refractivity contribution in [1.82, 2.24) is 14.8 Å². The molecular weight excluding hydrogens is 326 g/mol. The van der Waals surface area contributed by atoms with E-state index < -0.39 is 6.04 Å². The minimum atomic E-state index is -0.499. The highest BCUT2D eigenvalue weighted by Gasteiger charge is 2.26. The predicted octanol–water partition coefficient (Wildman–Crippen LogP) is 1.66. The van der Waals surface area contributed by atoms with Gasteiger partial charge in [0.25, 0.3) is 0 Å². The van der Waals surface area contributed by atoms with Crippen molar-refractivity contribution in [2.75, 3.05) is 18.5 Å². The molecule has 1 atom stereocenters. The average molecular weight is 347 g/mol. The number of aryl methyl sites for hydroxylation is 1. The molecule has 1 aliphatic heterocycles. The van der Waals surface area contributed by atoms with Crippen LogP contribution in [0.2, 0.25) is 0 Å². The summed E-state index contributed by atoms with van der Waals surface area (Å²) < 4.78 is 7.17. The van der Waals surface area contributed by atoms with Crippen LogP contribution in [0.4, 0.5) is 5.69 Å². The first-order valence-corrected chi connectivity index (χ1v) is 8.71. The van der Waals surface area contributed by atoms with Gasteiger partial charge < -0.3 is 20.4 Å². The summed E-state index contributed by atoms with van der Waals surface area (Å²) in [5, 5.41) is 11.6. The molecule has 2 heterocycles. The standard InChI is InChI=1S/C16H21N5O2S/c1-21-10-18-20-16(21)24-13-4-2-12(3-5-13)19-15(22)14(17)11-6-8-23-9-7-11/h2-5,10-11,14H,6-9,17H2,1H3,(H,19,22). The number of carbonyl (C=O) groups excluding carboxylic acids is 1. The van der Waals surface area contributed by atoms with Crippen LogP contribution in [-0.4, -0.2) is 39.9 Å². The number of rotatable bonds is 5. The number of nitrogens with zero attached hydrogens (tertiary/aromatic N) is 3. The van der Waals surface area contributed by atoms with Gasteiger partial charge in [0, 0.05) is 30.8 Å². The fraction of sp³-hybridized carbons (Fsp3) is 0.438. The molecule has 3 N–H and O–H groups in total. The minimum absolute atomic E-state index is 0.143. The smallest absolute Gasteiger partial charge is 0.241 e. The number of nitrogens with one attached hydrogen (secondary N) is 1. The molecule has 128 valence electrons. The number of hydrogen-bond donors (Lipinski definition) is 2. The largest absolute Gasteiger partial charge is 0.381 e. The van der Waals surface area contributed by atoms with Gasteiger partial charge in [-0.15, -0.1) is 10.2 Å². The second-order valence-electron chi connectivity index (χ2n) is 5.82. The van der Waals surface area contributed by atoms with Gasteiger partial charge in [0.1, 0.15) is 6.33 Å². The quantitative estimate of drug-likeness (QED) is 0.854. The summed E-state index contributed by atoms with van der Waals surface area (Å²) in [5.74, 6) is 0.0418. The Morgan fingerprint density at radius 3 is 2.71 bits per heavy atom. The number of benzene rings is 1.